The van der Waals surface area contributed by atoms with Gasteiger partial charge < -0.3 is 15.2 Å². The van der Waals surface area contributed by atoms with Gasteiger partial charge in [0.2, 0.25) is 5.06 Å². The molecule has 2 aromatic carbocycles. The molecule has 0 saturated heterocycles. The van der Waals surface area contributed by atoms with Crippen molar-refractivity contribution in [3.8, 4) is 22.1 Å². The largest absolute Gasteiger partial charge is 0.444 e. The standard InChI is InChI=1S/C26H25N3O2S/c1-17(30)14-18-6-5-9-21(15-18)28-23-16-22(12-13-27-23)31-26-24(19-7-3-2-4-8-19)29-25(32-26)20-10-11-20/h2-9,12-13,15-17,20,30H,10-11,14H2,1H3,(H,27,28). The van der Waals surface area contributed by atoms with E-state index in [9.17, 15) is 5.11 Å². The SMILES string of the molecule is CC(O)Cc1cccc(Nc2cc(Oc3sc(C4CC4)nc3-c3ccccc3)ccn2)c1. The van der Waals surface area contributed by atoms with Gasteiger partial charge in [0, 0.05) is 29.4 Å². The van der Waals surface area contributed by atoms with E-state index in [2.05, 4.69) is 22.4 Å². The van der Waals surface area contributed by atoms with Crippen molar-refractivity contribution in [1.29, 1.82) is 0 Å². The predicted molar refractivity (Wildman–Crippen MR) is 129 cm³/mol. The molecule has 1 fully saturated rings. The highest BCUT2D eigenvalue weighted by Gasteiger charge is 2.29. The number of thiazole rings is 1. The maximum Gasteiger partial charge on any atom is 0.208 e. The molecule has 1 unspecified atom stereocenters. The monoisotopic (exact) mass is 443 g/mol. The molecule has 1 atom stereocenters. The number of aromatic nitrogens is 2. The number of ether oxygens (including phenoxy) is 1. The van der Waals surface area contributed by atoms with Gasteiger partial charge in [-0.15, -0.1) is 0 Å². The number of benzene rings is 2. The van der Waals surface area contributed by atoms with E-state index in [-0.39, 0.29) is 6.10 Å². The lowest BCUT2D eigenvalue weighted by atomic mass is 10.1. The molecule has 5 rings (SSSR count). The van der Waals surface area contributed by atoms with Crippen molar-refractivity contribution in [2.24, 2.45) is 0 Å². The third-order valence-electron chi connectivity index (χ3n) is 5.26. The first kappa shape index (κ1) is 20.7. The van der Waals surface area contributed by atoms with Crippen LogP contribution in [0.2, 0.25) is 0 Å². The van der Waals surface area contributed by atoms with Gasteiger partial charge in [0.1, 0.15) is 22.3 Å². The molecule has 2 heterocycles. The van der Waals surface area contributed by atoms with E-state index in [1.165, 1.54) is 12.8 Å². The van der Waals surface area contributed by atoms with Gasteiger partial charge in [-0.3, -0.25) is 0 Å². The highest BCUT2D eigenvalue weighted by molar-refractivity contribution is 7.14. The summed E-state index contributed by atoms with van der Waals surface area (Å²) in [6.07, 6.45) is 4.39. The number of hydrogen-bond donors (Lipinski definition) is 2. The number of rotatable bonds is 8. The van der Waals surface area contributed by atoms with E-state index in [0.29, 0.717) is 23.9 Å². The van der Waals surface area contributed by atoms with Crippen LogP contribution in [0.1, 0.15) is 36.3 Å². The van der Waals surface area contributed by atoms with Crippen LogP contribution in [0.4, 0.5) is 11.5 Å². The summed E-state index contributed by atoms with van der Waals surface area (Å²) >= 11 is 1.64. The fourth-order valence-corrected chi connectivity index (χ4v) is 4.72. The third-order valence-corrected chi connectivity index (χ3v) is 6.35. The van der Waals surface area contributed by atoms with Gasteiger partial charge in [0.25, 0.3) is 0 Å². The lowest BCUT2D eigenvalue weighted by molar-refractivity contribution is 0.195. The van der Waals surface area contributed by atoms with Crippen LogP contribution < -0.4 is 10.1 Å². The molecule has 1 saturated carbocycles. The van der Waals surface area contributed by atoms with Crippen molar-refractivity contribution in [1.82, 2.24) is 9.97 Å². The Bertz CT molecular complexity index is 1200. The predicted octanol–water partition coefficient (Wildman–Crippen LogP) is 6.54. The lowest BCUT2D eigenvalue weighted by Gasteiger charge is -2.10. The summed E-state index contributed by atoms with van der Waals surface area (Å²) in [5.41, 5.74) is 3.95. The van der Waals surface area contributed by atoms with E-state index in [0.717, 1.165) is 32.6 Å². The van der Waals surface area contributed by atoms with Crippen molar-refractivity contribution in [2.45, 2.75) is 38.2 Å². The van der Waals surface area contributed by atoms with Crippen LogP contribution in [0.5, 0.6) is 10.8 Å². The first-order valence-electron chi connectivity index (χ1n) is 10.9. The van der Waals surface area contributed by atoms with E-state index < -0.39 is 0 Å². The zero-order chi connectivity index (χ0) is 21.9. The molecule has 0 spiro atoms. The van der Waals surface area contributed by atoms with Crippen LogP contribution in [-0.2, 0) is 6.42 Å². The average Bonchev–Trinajstić information content (AvgIpc) is 3.55. The van der Waals surface area contributed by atoms with Gasteiger partial charge in [0.05, 0.1) is 6.10 Å². The Hall–Kier alpha value is -3.22. The van der Waals surface area contributed by atoms with Crippen LogP contribution in [0, 0.1) is 0 Å². The van der Waals surface area contributed by atoms with Crippen molar-refractivity contribution >= 4 is 22.8 Å². The minimum atomic E-state index is -0.376. The molecule has 2 N–H and O–H groups in total. The lowest BCUT2D eigenvalue weighted by Crippen LogP contribution is -2.04. The van der Waals surface area contributed by atoms with Crippen molar-refractivity contribution < 1.29 is 9.84 Å². The molecular weight excluding hydrogens is 418 g/mol. The Balaban J connectivity index is 1.38. The Labute approximate surface area is 191 Å². The van der Waals surface area contributed by atoms with E-state index in [1.807, 2.05) is 54.6 Å². The van der Waals surface area contributed by atoms with Gasteiger partial charge in [-0.25, -0.2) is 9.97 Å². The van der Waals surface area contributed by atoms with Gasteiger partial charge in [-0.05, 0) is 49.9 Å². The zero-order valence-corrected chi connectivity index (χ0v) is 18.7. The number of hydrogen-bond acceptors (Lipinski definition) is 6. The summed E-state index contributed by atoms with van der Waals surface area (Å²) in [6.45, 7) is 1.79. The highest BCUT2D eigenvalue weighted by atomic mass is 32.1. The van der Waals surface area contributed by atoms with Crippen molar-refractivity contribution in [2.75, 3.05) is 5.32 Å². The molecule has 0 aliphatic heterocycles. The summed E-state index contributed by atoms with van der Waals surface area (Å²) < 4.78 is 6.32. The molecule has 0 radical (unpaired) electrons. The third kappa shape index (κ3) is 4.98. The number of nitrogens with one attached hydrogen (secondary N) is 1. The fourth-order valence-electron chi connectivity index (χ4n) is 3.59. The molecule has 0 bridgehead atoms. The Kier molecular flexibility index (Phi) is 5.88. The summed E-state index contributed by atoms with van der Waals surface area (Å²) in [4.78, 5) is 9.34. The smallest absolute Gasteiger partial charge is 0.208 e. The molecule has 162 valence electrons. The maximum atomic E-state index is 9.65. The van der Waals surface area contributed by atoms with Crippen molar-refractivity contribution in [3.63, 3.8) is 0 Å². The molecule has 6 heteroatoms. The Morgan fingerprint density at radius 3 is 2.72 bits per heavy atom. The molecule has 1 aliphatic carbocycles. The van der Waals surface area contributed by atoms with Crippen molar-refractivity contribution in [3.05, 3.63) is 83.5 Å². The van der Waals surface area contributed by atoms with Crippen LogP contribution in [0.15, 0.2) is 72.9 Å². The minimum Gasteiger partial charge on any atom is -0.444 e. The van der Waals surface area contributed by atoms with E-state index in [1.54, 1.807) is 24.5 Å². The fraction of sp³-hybridized carbons (Fsp3) is 0.231. The maximum absolute atomic E-state index is 9.65. The Morgan fingerprint density at radius 1 is 1.09 bits per heavy atom. The summed E-state index contributed by atoms with van der Waals surface area (Å²) in [7, 11) is 0. The number of aliphatic hydroxyl groups is 1. The van der Waals surface area contributed by atoms with E-state index in [4.69, 9.17) is 9.72 Å². The topological polar surface area (TPSA) is 67.3 Å². The van der Waals surface area contributed by atoms with Crippen LogP contribution in [0.25, 0.3) is 11.3 Å². The quantitative estimate of drug-likeness (QED) is 0.324. The second-order valence-corrected chi connectivity index (χ2v) is 9.18. The second kappa shape index (κ2) is 9.10. The molecular formula is C26H25N3O2S. The summed E-state index contributed by atoms with van der Waals surface area (Å²) in [6, 6.07) is 21.9. The van der Waals surface area contributed by atoms with Gasteiger partial charge >= 0.3 is 0 Å². The number of aliphatic hydroxyl groups excluding tert-OH is 1. The number of pyridine rings is 1. The highest BCUT2D eigenvalue weighted by Crippen LogP contribution is 2.48. The molecule has 2 aromatic heterocycles. The summed E-state index contributed by atoms with van der Waals surface area (Å²) in [5, 5.41) is 15.0. The van der Waals surface area contributed by atoms with Crippen LogP contribution in [0.3, 0.4) is 0 Å². The number of anilines is 2. The normalized spacial score (nSPS) is 14.2. The first-order valence-corrected chi connectivity index (χ1v) is 11.7. The van der Waals surface area contributed by atoms with Gasteiger partial charge in [-0.1, -0.05) is 53.8 Å². The first-order chi connectivity index (χ1) is 15.6. The Morgan fingerprint density at radius 2 is 1.94 bits per heavy atom. The number of nitrogens with zero attached hydrogens (tertiary/aromatic N) is 2. The summed E-state index contributed by atoms with van der Waals surface area (Å²) in [5.74, 6) is 1.99. The second-order valence-electron chi connectivity index (χ2n) is 8.19. The van der Waals surface area contributed by atoms with Crippen LogP contribution >= 0.6 is 11.3 Å². The zero-order valence-electron chi connectivity index (χ0n) is 17.9. The minimum absolute atomic E-state index is 0.376. The molecule has 5 nitrogen and oxygen atoms in total. The van der Waals surface area contributed by atoms with E-state index >= 15 is 0 Å². The molecule has 32 heavy (non-hydrogen) atoms. The van der Waals surface area contributed by atoms with Gasteiger partial charge in [0.15, 0.2) is 0 Å². The molecule has 1 aliphatic rings. The molecule has 4 aromatic rings. The van der Waals surface area contributed by atoms with Gasteiger partial charge in [-0.2, -0.15) is 0 Å². The average molecular weight is 444 g/mol. The van der Waals surface area contributed by atoms with Crippen LogP contribution in [-0.4, -0.2) is 21.2 Å². The molecule has 0 amide bonds.